The maximum Gasteiger partial charge on any atom is 0.271 e. The van der Waals surface area contributed by atoms with Crippen LogP contribution in [0.15, 0.2) is 29.1 Å². The zero-order valence-corrected chi connectivity index (χ0v) is 14.4. The fourth-order valence-electron chi connectivity index (χ4n) is 2.47. The maximum atomic E-state index is 13.5. The molecule has 0 aliphatic rings. The number of halogens is 1. The molecule has 23 heavy (non-hydrogen) atoms. The largest absolute Gasteiger partial charge is 0.305 e. The van der Waals surface area contributed by atoms with E-state index in [9.17, 15) is 9.18 Å². The quantitative estimate of drug-likeness (QED) is 0.850. The number of benzene rings is 1. The fraction of sp³-hybridized carbons (Fsp3) is 0.444. The molecule has 1 heterocycles. The van der Waals surface area contributed by atoms with E-state index >= 15 is 0 Å². The van der Waals surface area contributed by atoms with Gasteiger partial charge in [0.1, 0.15) is 5.82 Å². The summed E-state index contributed by atoms with van der Waals surface area (Å²) in [6.45, 7) is 6.94. The van der Waals surface area contributed by atoms with Crippen LogP contribution in [0, 0.1) is 18.7 Å². The first kappa shape index (κ1) is 17.3. The van der Waals surface area contributed by atoms with Crippen molar-refractivity contribution >= 4 is 0 Å². The standard InChI is InChI=1S/C18H24FN3O/c1-12(2)10-22-18(23)15(11-21(4)5)9-17(20-22)14-6-7-16(19)13(3)8-14/h6-9,12H,10-11H2,1-5H3. The number of nitrogens with zero attached hydrogens (tertiary/aromatic N) is 3. The van der Waals surface area contributed by atoms with Crippen molar-refractivity contribution in [3.63, 3.8) is 0 Å². The lowest BCUT2D eigenvalue weighted by Gasteiger charge is -2.15. The molecule has 0 aliphatic heterocycles. The van der Waals surface area contributed by atoms with Crippen LogP contribution in [-0.2, 0) is 13.1 Å². The molecule has 0 saturated heterocycles. The molecule has 4 nitrogen and oxygen atoms in total. The van der Waals surface area contributed by atoms with Gasteiger partial charge in [0.25, 0.3) is 5.56 Å². The molecular weight excluding hydrogens is 293 g/mol. The Hall–Kier alpha value is -2.01. The molecule has 0 saturated carbocycles. The SMILES string of the molecule is Cc1cc(-c2cc(CN(C)C)c(=O)n(CC(C)C)n2)ccc1F. The van der Waals surface area contributed by atoms with Crippen LogP contribution in [0.1, 0.15) is 25.0 Å². The highest BCUT2D eigenvalue weighted by molar-refractivity contribution is 5.60. The molecule has 0 atom stereocenters. The van der Waals surface area contributed by atoms with Crippen LogP contribution in [0.3, 0.4) is 0 Å². The van der Waals surface area contributed by atoms with Gasteiger partial charge in [-0.05, 0) is 56.8 Å². The molecule has 1 aromatic heterocycles. The van der Waals surface area contributed by atoms with Crippen LogP contribution >= 0.6 is 0 Å². The Morgan fingerprint density at radius 1 is 1.26 bits per heavy atom. The highest BCUT2D eigenvalue weighted by Crippen LogP contribution is 2.20. The number of aromatic nitrogens is 2. The number of aryl methyl sites for hydroxylation is 1. The summed E-state index contributed by atoms with van der Waals surface area (Å²) in [7, 11) is 3.85. The van der Waals surface area contributed by atoms with Gasteiger partial charge in [0.15, 0.2) is 0 Å². The van der Waals surface area contributed by atoms with E-state index in [-0.39, 0.29) is 11.4 Å². The van der Waals surface area contributed by atoms with Crippen molar-refractivity contribution in [2.45, 2.75) is 33.9 Å². The average molecular weight is 317 g/mol. The molecule has 0 radical (unpaired) electrons. The molecule has 2 aromatic rings. The predicted molar refractivity (Wildman–Crippen MR) is 90.9 cm³/mol. The van der Waals surface area contributed by atoms with Crippen LogP contribution in [-0.4, -0.2) is 28.8 Å². The Morgan fingerprint density at radius 2 is 1.96 bits per heavy atom. The Kier molecular flexibility index (Phi) is 5.31. The minimum atomic E-state index is -0.238. The van der Waals surface area contributed by atoms with E-state index in [1.165, 1.54) is 10.7 Å². The third kappa shape index (κ3) is 4.26. The van der Waals surface area contributed by atoms with Crippen molar-refractivity contribution in [3.05, 3.63) is 51.6 Å². The molecule has 5 heteroatoms. The van der Waals surface area contributed by atoms with E-state index in [1.54, 1.807) is 19.1 Å². The van der Waals surface area contributed by atoms with Gasteiger partial charge in [0.2, 0.25) is 0 Å². The summed E-state index contributed by atoms with van der Waals surface area (Å²) in [6, 6.07) is 6.72. The molecule has 0 unspecified atom stereocenters. The van der Waals surface area contributed by atoms with E-state index < -0.39 is 0 Å². The second kappa shape index (κ2) is 7.04. The van der Waals surface area contributed by atoms with Crippen LogP contribution in [0.2, 0.25) is 0 Å². The lowest BCUT2D eigenvalue weighted by molar-refractivity contribution is 0.392. The first-order valence-corrected chi connectivity index (χ1v) is 7.80. The van der Waals surface area contributed by atoms with Crippen molar-refractivity contribution in [1.82, 2.24) is 14.7 Å². The van der Waals surface area contributed by atoms with Crippen LogP contribution in [0.25, 0.3) is 11.3 Å². The van der Waals surface area contributed by atoms with Crippen LogP contribution < -0.4 is 5.56 Å². The van der Waals surface area contributed by atoms with Crippen molar-refractivity contribution in [3.8, 4) is 11.3 Å². The summed E-state index contributed by atoms with van der Waals surface area (Å²) in [4.78, 5) is 14.5. The fourth-order valence-corrected chi connectivity index (χ4v) is 2.47. The van der Waals surface area contributed by atoms with Gasteiger partial charge in [-0.2, -0.15) is 5.10 Å². The van der Waals surface area contributed by atoms with E-state index in [0.717, 1.165) is 5.56 Å². The van der Waals surface area contributed by atoms with E-state index in [2.05, 4.69) is 18.9 Å². The lowest BCUT2D eigenvalue weighted by Crippen LogP contribution is -2.30. The maximum absolute atomic E-state index is 13.5. The zero-order valence-electron chi connectivity index (χ0n) is 14.4. The first-order chi connectivity index (χ1) is 10.8. The Labute approximate surface area is 136 Å². The predicted octanol–water partition coefficient (Wildman–Crippen LogP) is 3.08. The second-order valence-electron chi connectivity index (χ2n) is 6.64. The van der Waals surface area contributed by atoms with Gasteiger partial charge in [-0.15, -0.1) is 0 Å². The second-order valence-corrected chi connectivity index (χ2v) is 6.64. The molecule has 0 amide bonds. The van der Waals surface area contributed by atoms with Gasteiger partial charge in [-0.25, -0.2) is 9.07 Å². The van der Waals surface area contributed by atoms with E-state index in [1.807, 2.05) is 25.1 Å². The summed E-state index contributed by atoms with van der Waals surface area (Å²) in [5.74, 6) is 0.0791. The Morgan fingerprint density at radius 3 is 2.52 bits per heavy atom. The van der Waals surface area contributed by atoms with Crippen LogP contribution in [0.5, 0.6) is 0 Å². The average Bonchev–Trinajstić information content (AvgIpc) is 2.45. The first-order valence-electron chi connectivity index (χ1n) is 7.80. The van der Waals surface area contributed by atoms with Gasteiger partial charge in [-0.3, -0.25) is 4.79 Å². The summed E-state index contributed by atoms with van der Waals surface area (Å²) in [6.07, 6.45) is 0. The third-order valence-corrected chi connectivity index (χ3v) is 3.53. The molecule has 0 spiro atoms. The highest BCUT2D eigenvalue weighted by Gasteiger charge is 2.12. The summed E-state index contributed by atoms with van der Waals surface area (Å²) < 4.78 is 15.0. The zero-order chi connectivity index (χ0) is 17.1. The van der Waals surface area contributed by atoms with Gasteiger partial charge in [-0.1, -0.05) is 13.8 Å². The van der Waals surface area contributed by atoms with E-state index in [0.29, 0.717) is 35.8 Å². The topological polar surface area (TPSA) is 38.1 Å². The van der Waals surface area contributed by atoms with Gasteiger partial charge >= 0.3 is 0 Å². The van der Waals surface area contributed by atoms with Crippen molar-refractivity contribution in [1.29, 1.82) is 0 Å². The molecule has 0 N–H and O–H groups in total. The molecule has 0 aliphatic carbocycles. The normalized spacial score (nSPS) is 11.5. The Bertz CT molecular complexity index is 716. The summed E-state index contributed by atoms with van der Waals surface area (Å²) in [5.41, 5.74) is 2.73. The monoisotopic (exact) mass is 317 g/mol. The summed E-state index contributed by atoms with van der Waals surface area (Å²) >= 11 is 0. The van der Waals surface area contributed by atoms with Crippen molar-refractivity contribution in [2.75, 3.05) is 14.1 Å². The molecule has 2 rings (SSSR count). The third-order valence-electron chi connectivity index (χ3n) is 3.53. The molecule has 0 bridgehead atoms. The van der Waals surface area contributed by atoms with Crippen LogP contribution in [0.4, 0.5) is 4.39 Å². The lowest BCUT2D eigenvalue weighted by atomic mass is 10.1. The van der Waals surface area contributed by atoms with Gasteiger partial charge in [0, 0.05) is 24.2 Å². The molecule has 1 aromatic carbocycles. The smallest absolute Gasteiger partial charge is 0.271 e. The minimum absolute atomic E-state index is 0.0602. The summed E-state index contributed by atoms with van der Waals surface area (Å²) in [5, 5.41) is 4.48. The highest BCUT2D eigenvalue weighted by atomic mass is 19.1. The number of hydrogen-bond donors (Lipinski definition) is 0. The van der Waals surface area contributed by atoms with Crippen molar-refractivity contribution in [2.24, 2.45) is 5.92 Å². The molecule has 124 valence electrons. The number of hydrogen-bond acceptors (Lipinski definition) is 3. The Balaban J connectivity index is 2.57. The molecular formula is C18H24FN3O. The van der Waals surface area contributed by atoms with Gasteiger partial charge in [0.05, 0.1) is 5.69 Å². The van der Waals surface area contributed by atoms with Gasteiger partial charge < -0.3 is 4.90 Å². The number of rotatable bonds is 5. The molecule has 0 fully saturated rings. The minimum Gasteiger partial charge on any atom is -0.305 e. The van der Waals surface area contributed by atoms with E-state index in [4.69, 9.17) is 0 Å². The van der Waals surface area contributed by atoms with Crippen molar-refractivity contribution < 1.29 is 4.39 Å².